The van der Waals surface area contributed by atoms with Gasteiger partial charge in [0.1, 0.15) is 11.6 Å². The summed E-state index contributed by atoms with van der Waals surface area (Å²) in [5, 5.41) is 0. The first-order valence-electron chi connectivity index (χ1n) is 5.76. The molecule has 3 N–H and O–H groups in total. The highest BCUT2D eigenvalue weighted by Crippen LogP contribution is 2.22. The second kappa shape index (κ2) is 7.78. The molecule has 0 saturated heterocycles. The molecule has 0 amide bonds. The first-order chi connectivity index (χ1) is 8.60. The molecule has 1 aromatic rings. The highest BCUT2D eigenvalue weighted by molar-refractivity contribution is 9.10. The molecule has 1 aromatic carbocycles. The summed E-state index contributed by atoms with van der Waals surface area (Å²) >= 11 is 3.03. The average Bonchev–Trinajstić information content (AvgIpc) is 2.37. The number of nitrogens with two attached hydrogens (primary N) is 1. The van der Waals surface area contributed by atoms with Gasteiger partial charge in [0.15, 0.2) is 0 Å². The van der Waals surface area contributed by atoms with Gasteiger partial charge >= 0.3 is 0 Å². The van der Waals surface area contributed by atoms with Gasteiger partial charge in [-0.1, -0.05) is 6.92 Å². The zero-order valence-electron chi connectivity index (χ0n) is 10.2. The van der Waals surface area contributed by atoms with Crippen LogP contribution in [0.3, 0.4) is 0 Å². The molecular weight excluding hydrogens is 306 g/mol. The third-order valence-electron chi connectivity index (χ3n) is 2.49. The van der Waals surface area contributed by atoms with Gasteiger partial charge in [-0.15, -0.1) is 0 Å². The van der Waals surface area contributed by atoms with Gasteiger partial charge in [0.2, 0.25) is 0 Å². The van der Waals surface area contributed by atoms with Gasteiger partial charge in [-0.05, 0) is 40.9 Å². The molecule has 0 aliphatic rings. The molecule has 18 heavy (non-hydrogen) atoms. The Morgan fingerprint density at radius 1 is 1.44 bits per heavy atom. The summed E-state index contributed by atoms with van der Waals surface area (Å²) in [6.07, 6.45) is 1.02. The van der Waals surface area contributed by atoms with Crippen LogP contribution in [0.1, 0.15) is 18.9 Å². The molecule has 0 heterocycles. The van der Waals surface area contributed by atoms with Crippen molar-refractivity contribution in [2.24, 2.45) is 5.84 Å². The molecule has 1 atom stereocenters. The van der Waals surface area contributed by atoms with Gasteiger partial charge in [-0.25, -0.2) is 8.78 Å². The van der Waals surface area contributed by atoms with Gasteiger partial charge in [0, 0.05) is 18.2 Å². The lowest BCUT2D eigenvalue weighted by atomic mass is 10.1. The number of hydrogen-bond donors (Lipinski definition) is 2. The molecule has 3 nitrogen and oxygen atoms in total. The number of rotatable bonds is 7. The third kappa shape index (κ3) is 4.28. The van der Waals surface area contributed by atoms with Gasteiger partial charge < -0.3 is 4.74 Å². The van der Waals surface area contributed by atoms with E-state index in [1.165, 1.54) is 12.1 Å². The van der Waals surface area contributed by atoms with E-state index in [4.69, 9.17) is 10.6 Å². The minimum absolute atomic E-state index is 0.00687. The predicted octanol–water partition coefficient (Wildman–Crippen LogP) is 2.53. The fraction of sp³-hybridized carbons (Fsp3) is 0.500. The van der Waals surface area contributed by atoms with Crippen LogP contribution in [0.2, 0.25) is 0 Å². The van der Waals surface area contributed by atoms with E-state index in [-0.39, 0.29) is 22.5 Å². The lowest BCUT2D eigenvalue weighted by Crippen LogP contribution is -2.40. The minimum atomic E-state index is -0.592. The van der Waals surface area contributed by atoms with Crippen LogP contribution < -0.4 is 11.3 Å². The fourth-order valence-corrected chi connectivity index (χ4v) is 1.91. The van der Waals surface area contributed by atoms with E-state index in [0.717, 1.165) is 6.42 Å². The van der Waals surface area contributed by atoms with Crippen molar-refractivity contribution in [3.05, 3.63) is 33.8 Å². The number of benzene rings is 1. The molecule has 0 bridgehead atoms. The Labute approximate surface area is 114 Å². The molecular formula is C12H17BrF2N2O. The van der Waals surface area contributed by atoms with E-state index in [1.54, 1.807) is 0 Å². The summed E-state index contributed by atoms with van der Waals surface area (Å²) < 4.78 is 32.9. The number of hydrogen-bond acceptors (Lipinski definition) is 3. The first-order valence-corrected chi connectivity index (χ1v) is 6.55. The predicted molar refractivity (Wildman–Crippen MR) is 70.0 cm³/mol. The van der Waals surface area contributed by atoms with Crippen LogP contribution in [0.15, 0.2) is 16.6 Å². The Kier molecular flexibility index (Phi) is 6.70. The van der Waals surface area contributed by atoms with E-state index < -0.39 is 11.6 Å². The fourth-order valence-electron chi connectivity index (χ4n) is 1.54. The molecule has 0 aliphatic carbocycles. The standard InChI is InChI=1S/C12H17BrF2N2O/c1-2-5-18-7-8(17-16)6-9-11(14)4-3-10(13)12(9)15/h3-4,8,17H,2,5-7,16H2,1H3. The first kappa shape index (κ1) is 15.5. The molecule has 0 fully saturated rings. The summed E-state index contributed by atoms with van der Waals surface area (Å²) in [5.41, 5.74) is 2.52. The Bertz CT molecular complexity index is 391. The Morgan fingerprint density at radius 3 is 2.78 bits per heavy atom. The van der Waals surface area contributed by atoms with Gasteiger partial charge in [0.05, 0.1) is 11.1 Å². The number of ether oxygens (including phenoxy) is 1. The maximum Gasteiger partial charge on any atom is 0.143 e. The van der Waals surface area contributed by atoms with Gasteiger partial charge in [-0.2, -0.15) is 0 Å². The molecule has 6 heteroatoms. The maximum absolute atomic E-state index is 13.8. The van der Waals surface area contributed by atoms with Crippen molar-refractivity contribution in [3.8, 4) is 0 Å². The minimum Gasteiger partial charge on any atom is -0.380 e. The van der Waals surface area contributed by atoms with E-state index in [9.17, 15) is 8.78 Å². The second-order valence-corrected chi connectivity index (χ2v) is 4.82. The number of hydrazine groups is 1. The normalized spacial score (nSPS) is 12.7. The zero-order chi connectivity index (χ0) is 13.5. The largest absolute Gasteiger partial charge is 0.380 e. The Hall–Kier alpha value is -0.560. The summed E-state index contributed by atoms with van der Waals surface area (Å²) in [7, 11) is 0. The van der Waals surface area contributed by atoms with E-state index in [1.807, 2.05) is 6.92 Å². The molecule has 0 spiro atoms. The molecule has 0 aliphatic heterocycles. The van der Waals surface area contributed by atoms with Crippen LogP contribution in [0, 0.1) is 11.6 Å². The van der Waals surface area contributed by atoms with Crippen molar-refractivity contribution in [1.82, 2.24) is 5.43 Å². The zero-order valence-corrected chi connectivity index (χ0v) is 11.8. The van der Waals surface area contributed by atoms with Crippen molar-refractivity contribution in [3.63, 3.8) is 0 Å². The number of halogens is 3. The van der Waals surface area contributed by atoms with Crippen LogP contribution in [0.4, 0.5) is 8.78 Å². The molecule has 1 unspecified atom stereocenters. The topological polar surface area (TPSA) is 47.3 Å². The molecule has 0 aromatic heterocycles. The number of nitrogens with one attached hydrogen (secondary N) is 1. The summed E-state index contributed by atoms with van der Waals surface area (Å²) in [5.74, 6) is 4.19. The van der Waals surface area contributed by atoms with Crippen molar-refractivity contribution in [2.45, 2.75) is 25.8 Å². The van der Waals surface area contributed by atoms with Gasteiger partial charge in [0.25, 0.3) is 0 Å². The van der Waals surface area contributed by atoms with Crippen molar-refractivity contribution >= 4 is 15.9 Å². The van der Waals surface area contributed by atoms with Crippen molar-refractivity contribution in [1.29, 1.82) is 0 Å². The summed E-state index contributed by atoms with van der Waals surface area (Å²) in [6.45, 7) is 2.90. The van der Waals surface area contributed by atoms with Crippen LogP contribution in [-0.2, 0) is 11.2 Å². The summed E-state index contributed by atoms with van der Waals surface area (Å²) in [6, 6.07) is 2.24. The second-order valence-electron chi connectivity index (χ2n) is 3.96. The van der Waals surface area contributed by atoms with Crippen LogP contribution in [0.25, 0.3) is 0 Å². The van der Waals surface area contributed by atoms with Crippen LogP contribution in [0.5, 0.6) is 0 Å². The van der Waals surface area contributed by atoms with Crippen LogP contribution >= 0.6 is 15.9 Å². The monoisotopic (exact) mass is 322 g/mol. The lowest BCUT2D eigenvalue weighted by molar-refractivity contribution is 0.111. The Morgan fingerprint density at radius 2 is 2.17 bits per heavy atom. The maximum atomic E-state index is 13.8. The Balaban J connectivity index is 2.72. The van der Waals surface area contributed by atoms with Crippen LogP contribution in [-0.4, -0.2) is 19.3 Å². The van der Waals surface area contributed by atoms with E-state index in [0.29, 0.717) is 13.2 Å². The highest BCUT2D eigenvalue weighted by Gasteiger charge is 2.17. The SMILES string of the molecule is CCCOCC(Cc1c(F)ccc(Br)c1F)NN. The van der Waals surface area contributed by atoms with E-state index in [2.05, 4.69) is 21.4 Å². The molecule has 0 radical (unpaired) electrons. The van der Waals surface area contributed by atoms with Crippen molar-refractivity contribution < 1.29 is 13.5 Å². The molecule has 1 rings (SSSR count). The molecule has 102 valence electrons. The van der Waals surface area contributed by atoms with Crippen molar-refractivity contribution in [2.75, 3.05) is 13.2 Å². The third-order valence-corrected chi connectivity index (χ3v) is 3.11. The average molecular weight is 323 g/mol. The summed E-state index contributed by atoms with van der Waals surface area (Å²) in [4.78, 5) is 0. The molecule has 0 saturated carbocycles. The quantitative estimate of drug-likeness (QED) is 0.351. The highest BCUT2D eigenvalue weighted by atomic mass is 79.9. The lowest BCUT2D eigenvalue weighted by Gasteiger charge is -2.17. The smallest absolute Gasteiger partial charge is 0.143 e. The van der Waals surface area contributed by atoms with E-state index >= 15 is 0 Å². The van der Waals surface area contributed by atoms with Gasteiger partial charge in [-0.3, -0.25) is 11.3 Å².